The molecule has 1 aliphatic rings. The first-order valence-electron chi connectivity index (χ1n) is 29.9. The van der Waals surface area contributed by atoms with E-state index in [0.717, 1.165) is 22.3 Å². The Morgan fingerprint density at radius 1 is 0.525 bits per heavy atom. The Labute approximate surface area is 592 Å². The van der Waals surface area contributed by atoms with E-state index < -0.39 is 68.8 Å². The van der Waals surface area contributed by atoms with Gasteiger partial charge in [-0.05, 0) is 77.9 Å². The molecular weight excluding hydrogens is 1420 g/mol. The third-order valence-corrected chi connectivity index (χ3v) is 15.1. The van der Waals surface area contributed by atoms with Gasteiger partial charge < -0.3 is 71.4 Å². The number of aromatic hydroxyl groups is 2. The van der Waals surface area contributed by atoms with Crippen LogP contribution >= 0.6 is 0 Å². The third kappa shape index (κ3) is 23.0. The molecule has 5 aromatic heterocycles. The predicted molar refractivity (Wildman–Crippen MR) is 368 cm³/mol. The van der Waals surface area contributed by atoms with Gasteiger partial charge in [0.05, 0.1) is 36.5 Å². The molecule has 0 spiro atoms. The maximum Gasteiger partial charge on any atom is 0.446 e. The number of fused-ring (bicyclic) bond motifs is 3. The monoisotopic (exact) mass is 1500 g/mol. The molecule has 0 unspecified atom stereocenters. The summed E-state index contributed by atoms with van der Waals surface area (Å²) in [6.45, 7) is 2.68. The molecule has 0 saturated heterocycles. The van der Waals surface area contributed by atoms with Gasteiger partial charge in [-0.25, -0.2) is 13.2 Å². The standard InChI is InChI=1S/C27H25FN2O5.C20H21FN2O5.C20H19FN2O5.C2HF3O.2CH3.BH4.Pd.H2/c1-34-16-15-29-13-14-30-17-22(23(31)12-9-19-7-10-21(28)11-8-19)25(32)26(24(30)27(29)33)35-18-20-5-3-2-4-6-20;2*1-28-11-10-22-8-9-23-12-15(18(25)19(26)17(23)20(22)27)16(24)7-4-13-2-5-14(21)6-3-13;3-2(4,5)1-6;;;;;/h2-8,10-11,13-14,17H,9,12,15-16,18H2,1H3;2-3,5-6,12,26H,4,7-11H2,1H3;2-3,5-6,8-9,12,26H,4,7,10-11H2,1H3;1H;2*1H3;1H4;;1H/q;;;;3*-1;;. The summed E-state index contributed by atoms with van der Waals surface area (Å²) >= 11 is 0. The van der Waals surface area contributed by atoms with Gasteiger partial charge in [0.1, 0.15) is 24.1 Å². The molecule has 1 amide bonds. The Kier molecular flexibility index (Phi) is 33.9. The normalized spacial score (nSPS) is 11.3. The van der Waals surface area contributed by atoms with Crippen molar-refractivity contribution in [3.63, 3.8) is 0 Å². The molecule has 0 saturated carbocycles. The van der Waals surface area contributed by atoms with E-state index in [9.17, 15) is 79.7 Å². The number of carbonyl (C=O) groups excluding carboxylic acids is 5. The average Bonchev–Trinajstić information content (AvgIpc) is 0.783. The fraction of sp³-hybridized carbons (Fsp3) is 0.268. The van der Waals surface area contributed by atoms with Gasteiger partial charge in [-0.2, -0.15) is 13.2 Å². The van der Waals surface area contributed by atoms with Crippen molar-refractivity contribution in [1.82, 2.24) is 27.4 Å². The molecule has 0 fully saturated rings. The molecule has 4 aromatic carbocycles. The van der Waals surface area contributed by atoms with Crippen molar-refractivity contribution in [1.29, 1.82) is 0 Å². The van der Waals surface area contributed by atoms with Crippen LogP contribution in [0.3, 0.4) is 0 Å². The third-order valence-electron chi connectivity index (χ3n) is 15.1. The Hall–Kier alpha value is -10.1. The molecule has 9 aromatic rings. The second kappa shape index (κ2) is 40.2. The number of aryl methyl sites for hydroxylation is 3. The van der Waals surface area contributed by atoms with Crippen LogP contribution < -0.4 is 32.1 Å². The van der Waals surface area contributed by atoms with Crippen molar-refractivity contribution in [2.45, 2.75) is 70.9 Å². The van der Waals surface area contributed by atoms with Crippen molar-refractivity contribution >= 4 is 49.0 Å². The summed E-state index contributed by atoms with van der Waals surface area (Å²) in [6, 6.07) is 26.6. The molecule has 0 aliphatic carbocycles. The minimum atomic E-state index is -4.64. The van der Waals surface area contributed by atoms with Crippen molar-refractivity contribution in [3.8, 4) is 17.2 Å². The van der Waals surface area contributed by atoms with Crippen LogP contribution in [0.5, 0.6) is 17.2 Å². The number of hydrogen-bond donors (Lipinski definition) is 2. The molecule has 0 bridgehead atoms. The predicted octanol–water partition coefficient (Wildman–Crippen LogP) is 7.46. The van der Waals surface area contributed by atoms with Crippen LogP contribution in [-0.2, 0) is 84.9 Å². The summed E-state index contributed by atoms with van der Waals surface area (Å²) in [7, 11) is 4.56. The van der Waals surface area contributed by atoms with Crippen molar-refractivity contribution in [3.05, 3.63) is 275 Å². The van der Waals surface area contributed by atoms with Gasteiger partial charge in [-0.15, -0.1) is 0 Å². The fourth-order valence-corrected chi connectivity index (χ4v) is 9.86. The first kappa shape index (κ1) is 85.1. The van der Waals surface area contributed by atoms with Gasteiger partial charge in [-0.3, -0.25) is 47.9 Å². The summed E-state index contributed by atoms with van der Waals surface area (Å²) in [5.41, 5.74) is -0.905. The number of ether oxygens (including phenoxy) is 4. The zero-order chi connectivity index (χ0) is 70.5. The average molecular weight is 1500 g/mol. The first-order valence-corrected chi connectivity index (χ1v) is 29.9. The minimum Gasteiger partial charge on any atom is -0.503 e. The van der Waals surface area contributed by atoms with Crippen LogP contribution in [-0.4, -0.2) is 136 Å². The molecule has 2 N–H and O–H groups in total. The fourth-order valence-electron chi connectivity index (χ4n) is 9.86. The van der Waals surface area contributed by atoms with E-state index in [1.54, 1.807) is 48.8 Å². The van der Waals surface area contributed by atoms with E-state index in [-0.39, 0.29) is 140 Å². The van der Waals surface area contributed by atoms with Crippen LogP contribution in [0.25, 0.3) is 11.0 Å². The van der Waals surface area contributed by atoms with Gasteiger partial charge in [-0.1, -0.05) is 75.1 Å². The second-order valence-corrected chi connectivity index (χ2v) is 21.6. The Morgan fingerprint density at radius 2 is 0.911 bits per heavy atom. The Bertz CT molecular complexity index is 4620. The van der Waals surface area contributed by atoms with Gasteiger partial charge in [0, 0.05) is 139 Å². The smallest absolute Gasteiger partial charge is 0.446 e. The van der Waals surface area contributed by atoms with Gasteiger partial charge in [0.15, 0.2) is 51.3 Å². The van der Waals surface area contributed by atoms with E-state index in [4.69, 9.17) is 23.7 Å². The number of ketones is 3. The number of amides is 1. The van der Waals surface area contributed by atoms with Crippen molar-refractivity contribution in [2.24, 2.45) is 0 Å². The van der Waals surface area contributed by atoms with E-state index in [1.165, 1.54) is 116 Å². The van der Waals surface area contributed by atoms with Crippen LogP contribution in [0.1, 0.15) is 84.5 Å². The Balaban J connectivity index is 0.000000491. The number of Topliss-reactive ketones (excluding diaryl/α,β-unsaturated/α-hetero) is 3. The van der Waals surface area contributed by atoms with Crippen LogP contribution in [0.4, 0.5) is 26.3 Å². The van der Waals surface area contributed by atoms with Crippen molar-refractivity contribution < 1.29 is 101 Å². The number of nitrogens with zero attached hydrogens (tertiary/aromatic N) is 6. The number of aromatic nitrogens is 5. The number of methoxy groups -OCH3 is 3. The molecule has 0 atom stereocenters. The van der Waals surface area contributed by atoms with E-state index >= 15 is 0 Å². The summed E-state index contributed by atoms with van der Waals surface area (Å²) < 4.78 is 98.1. The molecule has 546 valence electrons. The van der Waals surface area contributed by atoms with Crippen molar-refractivity contribution in [2.75, 3.05) is 54.2 Å². The summed E-state index contributed by atoms with van der Waals surface area (Å²) in [5, 5.41) is 20.6. The number of alkyl halides is 3. The number of pyridine rings is 3. The number of halogens is 6. The SMILES string of the molecule is COCCN1CCn2cc(C(=O)CCc3ccc(F)cc3)c(=O)c(O)c2C1=O.COCCn1ccn2cc(C(=O)CCc3ccc(F)cc3)c(=O)c(O)c2c1=O.COCCn1ccn2cc(C(=O)CCc3ccc(F)cc3)c(=O)c(OCc3ccccc3)c2c1=O.O=CC(F)(F)F.[BH4-].[CH3-].[CH3-].[HH].[Pd]. The largest absolute Gasteiger partial charge is 0.503 e. The molecule has 6 heterocycles. The number of benzene rings is 4. The van der Waals surface area contributed by atoms with Crippen LogP contribution in [0.2, 0.25) is 0 Å². The quantitative estimate of drug-likeness (QED) is 0.0195. The summed E-state index contributed by atoms with van der Waals surface area (Å²) in [5.74, 6) is -4.49. The topological polar surface area (TPSA) is 275 Å². The summed E-state index contributed by atoms with van der Waals surface area (Å²) in [6.07, 6.45) is 5.54. The first-order chi connectivity index (χ1) is 46.4. The number of aldehydes is 1. The van der Waals surface area contributed by atoms with Crippen LogP contribution in [0.15, 0.2) is 170 Å². The molecule has 22 nitrogen and oxygen atoms in total. The molecule has 0 radical (unpaired) electrons. The zero-order valence-electron chi connectivity index (χ0n) is 54.9. The molecule has 10 rings (SSSR count). The van der Waals surface area contributed by atoms with Gasteiger partial charge in [0.2, 0.25) is 22.6 Å². The van der Waals surface area contributed by atoms with E-state index in [0.29, 0.717) is 65.3 Å². The Morgan fingerprint density at radius 3 is 1.34 bits per heavy atom. The van der Waals surface area contributed by atoms with E-state index in [1.807, 2.05) is 30.3 Å². The zero-order valence-corrected chi connectivity index (χ0v) is 56.5. The van der Waals surface area contributed by atoms with Crippen LogP contribution in [0, 0.1) is 32.3 Å². The van der Waals surface area contributed by atoms with Gasteiger partial charge >= 0.3 is 6.18 Å². The maximum atomic E-state index is 13.4. The van der Waals surface area contributed by atoms with E-state index in [2.05, 4.69) is 0 Å². The van der Waals surface area contributed by atoms with Gasteiger partial charge in [0.25, 0.3) is 17.0 Å². The number of hydrogen-bond acceptors (Lipinski definition) is 16. The number of carbonyl (C=O) groups is 5. The maximum absolute atomic E-state index is 13.4. The number of rotatable bonds is 24. The molecule has 1 aliphatic heterocycles. The summed E-state index contributed by atoms with van der Waals surface area (Å²) in [4.78, 5) is 125. The molecule has 101 heavy (non-hydrogen) atoms. The second-order valence-electron chi connectivity index (χ2n) is 21.6. The molecule has 30 heteroatoms. The minimum absolute atomic E-state index is 0. The molecular formula is C71H78BF6N6O16Pd-3.